The number of hydrogen-bond donors (Lipinski definition) is 1. The number of nitrogens with one attached hydrogen (secondary N) is 1. The zero-order valence-corrected chi connectivity index (χ0v) is 32.9. The second-order valence-electron chi connectivity index (χ2n) is 8.44. The molecule has 0 aliphatic rings. The summed E-state index contributed by atoms with van der Waals surface area (Å²) in [5, 5.41) is 10.4. The molecule has 0 spiro atoms. The summed E-state index contributed by atoms with van der Waals surface area (Å²) in [4.78, 5) is 69.0. The van der Waals surface area contributed by atoms with Crippen molar-refractivity contribution in [2.45, 2.75) is 65.2 Å². The van der Waals surface area contributed by atoms with E-state index in [0.29, 0.717) is 43.7 Å². The van der Waals surface area contributed by atoms with Crippen LogP contribution < -0.4 is 122 Å². The molecular weight excluding hydrogens is 637 g/mol. The Balaban J connectivity index is 0. The predicted molar refractivity (Wildman–Crippen MR) is 134 cm³/mol. The van der Waals surface area contributed by atoms with Crippen molar-refractivity contribution in [2.75, 3.05) is 26.3 Å². The maximum absolute atomic E-state index is 12.0. The van der Waals surface area contributed by atoms with Crippen LogP contribution in [0.2, 0.25) is 0 Å². The molecular formula is C26H35N3O7Rb2. The number of nitrogens with zero attached hydrogens (tertiary/aromatic N) is 2. The zero-order valence-electron chi connectivity index (χ0n) is 23.0. The van der Waals surface area contributed by atoms with Crippen molar-refractivity contribution < 1.29 is 150 Å². The molecule has 0 unspecified atom stereocenters. The van der Waals surface area contributed by atoms with Crippen LogP contribution in [0.3, 0.4) is 0 Å². The number of Topliss-reactive ketones (excluding diaryl/α,β-unsaturated/α-hetero) is 3. The van der Waals surface area contributed by atoms with Gasteiger partial charge in [-0.1, -0.05) is 24.3 Å². The summed E-state index contributed by atoms with van der Waals surface area (Å²) in [6, 6.07) is 6.43. The van der Waals surface area contributed by atoms with E-state index in [1.807, 2.05) is 0 Å². The van der Waals surface area contributed by atoms with Crippen molar-refractivity contribution in [2.24, 2.45) is 0 Å². The standard InChI is InChI=1S/C26H37N3O7.2Rb/c1-19(30)6-3-4-12-27-24(33)7-5-14-36-15-13-28-25(34)18-26(35)29-22-10-8-21(9-11-22)17-23(32)16-20(2)31;;/h8-11H,3-7,12-18H2,1-2H3,(H3,27,28,29,33,34,35);;/q;2*+1/p-2. The molecule has 3 amide bonds. The van der Waals surface area contributed by atoms with Gasteiger partial charge in [-0.05, 0) is 38.7 Å². The first kappa shape index (κ1) is 40.3. The second kappa shape index (κ2) is 25.0. The summed E-state index contributed by atoms with van der Waals surface area (Å²) in [5.74, 6) is -1.51. The van der Waals surface area contributed by atoms with E-state index in [1.165, 1.54) is 6.92 Å². The largest absolute Gasteiger partial charge is 1.00 e. The van der Waals surface area contributed by atoms with Gasteiger partial charge < -0.3 is 35.1 Å². The molecule has 198 valence electrons. The minimum Gasteiger partial charge on any atom is -0.651 e. The third-order valence-corrected chi connectivity index (χ3v) is 4.83. The van der Waals surface area contributed by atoms with Crippen molar-refractivity contribution in [3.05, 3.63) is 40.5 Å². The molecule has 10 nitrogen and oxygen atoms in total. The number of carbonyl (C=O) groups is 6. The van der Waals surface area contributed by atoms with Crippen LogP contribution in [0.5, 0.6) is 0 Å². The fraction of sp³-hybridized carbons (Fsp3) is 0.538. The van der Waals surface area contributed by atoms with Gasteiger partial charge in [-0.25, -0.2) is 0 Å². The maximum atomic E-state index is 12.0. The van der Waals surface area contributed by atoms with E-state index in [9.17, 15) is 28.8 Å². The van der Waals surface area contributed by atoms with Crippen LogP contribution >= 0.6 is 0 Å². The molecule has 12 heteroatoms. The molecule has 0 aromatic heterocycles. The molecule has 1 aromatic carbocycles. The summed E-state index contributed by atoms with van der Waals surface area (Å²) < 4.78 is 5.35. The normalized spacial score (nSPS) is 9.84. The van der Waals surface area contributed by atoms with E-state index in [2.05, 4.69) is 16.0 Å². The Kier molecular flexibility index (Phi) is 26.5. The van der Waals surface area contributed by atoms with Gasteiger partial charge in [0.05, 0.1) is 18.2 Å². The molecule has 1 rings (SSSR count). The molecule has 38 heavy (non-hydrogen) atoms. The molecule has 1 aromatic rings. The van der Waals surface area contributed by atoms with Gasteiger partial charge in [-0.2, -0.15) is 0 Å². The Morgan fingerprint density at radius 3 is 2.11 bits per heavy atom. The smallest absolute Gasteiger partial charge is 0.651 e. The van der Waals surface area contributed by atoms with Crippen LogP contribution in [-0.2, 0) is 39.9 Å². The number of rotatable bonds is 19. The number of amides is 3. The average molecular weight is 673 g/mol. The van der Waals surface area contributed by atoms with Crippen LogP contribution in [0.4, 0.5) is 5.69 Å². The third-order valence-electron chi connectivity index (χ3n) is 4.83. The number of carbonyl (C=O) groups excluding carboxylic acids is 6. The minimum atomic E-state index is -0.627. The van der Waals surface area contributed by atoms with E-state index < -0.39 is 18.2 Å². The van der Waals surface area contributed by atoms with Crippen LogP contribution in [0.15, 0.2) is 24.3 Å². The molecule has 0 fully saturated rings. The molecule has 1 N–H and O–H groups in total. The summed E-state index contributed by atoms with van der Waals surface area (Å²) in [6.45, 7) is 4.12. The van der Waals surface area contributed by atoms with Gasteiger partial charge >= 0.3 is 116 Å². The fourth-order valence-corrected chi connectivity index (χ4v) is 3.11. The SMILES string of the molecule is CC(=O)CCCCNC(=O)CCCOCC[N-]C(=O)CC(=O)[N-]c1ccc(CC(=O)CC(C)=O)cc1.[Rb+].[Rb+]. The first-order valence-electron chi connectivity index (χ1n) is 12.0. The van der Waals surface area contributed by atoms with Crippen molar-refractivity contribution >= 4 is 40.8 Å². The van der Waals surface area contributed by atoms with Crippen LogP contribution in [-0.4, -0.2) is 61.4 Å². The Hall–Kier alpha value is 0.210. The average Bonchev–Trinajstić information content (AvgIpc) is 2.78. The van der Waals surface area contributed by atoms with Gasteiger partial charge in [0.1, 0.15) is 17.3 Å². The van der Waals surface area contributed by atoms with Gasteiger partial charge in [0.15, 0.2) is 0 Å². The molecule has 0 atom stereocenters. The first-order valence-corrected chi connectivity index (χ1v) is 12.0. The number of ether oxygens (including phenoxy) is 1. The van der Waals surface area contributed by atoms with Crippen molar-refractivity contribution in [3.8, 4) is 0 Å². The Morgan fingerprint density at radius 2 is 1.47 bits per heavy atom. The number of ketones is 3. The number of benzene rings is 1. The number of unbranched alkanes of at least 4 members (excludes halogenated alkanes) is 1. The molecule has 0 saturated heterocycles. The Morgan fingerprint density at radius 1 is 0.789 bits per heavy atom. The Bertz CT molecular complexity index is 909. The van der Waals surface area contributed by atoms with E-state index in [1.54, 1.807) is 31.2 Å². The van der Waals surface area contributed by atoms with Crippen LogP contribution in [0, 0.1) is 0 Å². The molecule has 0 heterocycles. The van der Waals surface area contributed by atoms with E-state index in [4.69, 9.17) is 4.74 Å². The Labute approximate surface area is 322 Å². The van der Waals surface area contributed by atoms with Gasteiger partial charge in [0.2, 0.25) is 5.91 Å². The monoisotopic (exact) mass is 671 g/mol. The fourth-order valence-electron chi connectivity index (χ4n) is 3.11. The van der Waals surface area contributed by atoms with Gasteiger partial charge in [0.25, 0.3) is 0 Å². The van der Waals surface area contributed by atoms with Gasteiger partial charge in [-0.15, -0.1) is 12.2 Å². The van der Waals surface area contributed by atoms with Crippen molar-refractivity contribution in [1.29, 1.82) is 0 Å². The molecule has 0 aliphatic carbocycles. The van der Waals surface area contributed by atoms with Crippen LogP contribution in [0.25, 0.3) is 10.6 Å². The van der Waals surface area contributed by atoms with Crippen LogP contribution in [0.1, 0.15) is 64.4 Å². The van der Waals surface area contributed by atoms with E-state index in [0.717, 1.165) is 12.8 Å². The zero-order chi connectivity index (χ0) is 26.8. The third kappa shape index (κ3) is 23.0. The molecule has 0 saturated carbocycles. The number of hydrogen-bond acceptors (Lipinski definition) is 7. The molecule has 0 radical (unpaired) electrons. The molecule has 0 aliphatic heterocycles. The van der Waals surface area contributed by atoms with Gasteiger partial charge in [0, 0.05) is 45.4 Å². The summed E-state index contributed by atoms with van der Waals surface area (Å²) in [5.41, 5.74) is 1.07. The van der Waals surface area contributed by atoms with Gasteiger partial charge in [-0.3, -0.25) is 14.4 Å². The topological polar surface area (TPSA) is 152 Å². The van der Waals surface area contributed by atoms with Crippen molar-refractivity contribution in [3.63, 3.8) is 0 Å². The first-order chi connectivity index (χ1) is 17.2. The minimum absolute atomic E-state index is 0. The molecule has 0 bridgehead atoms. The van der Waals surface area contributed by atoms with E-state index in [-0.39, 0.29) is 166 Å². The second-order valence-corrected chi connectivity index (χ2v) is 8.44. The summed E-state index contributed by atoms with van der Waals surface area (Å²) in [6.07, 6.45) is 2.50. The quantitative estimate of drug-likeness (QED) is 0.124. The van der Waals surface area contributed by atoms with Crippen molar-refractivity contribution in [1.82, 2.24) is 5.32 Å². The summed E-state index contributed by atoms with van der Waals surface area (Å²) in [7, 11) is 0. The predicted octanol–water partition coefficient (Wildman–Crippen LogP) is -2.72. The maximum Gasteiger partial charge on any atom is 1.00 e. The summed E-state index contributed by atoms with van der Waals surface area (Å²) >= 11 is 0. The van der Waals surface area contributed by atoms with E-state index >= 15 is 0 Å².